The third-order valence-corrected chi connectivity index (χ3v) is 1.12. The van der Waals surface area contributed by atoms with Crippen LogP contribution in [0, 0.1) is 0 Å². The molecular weight excluding hydrogens is 114 g/mol. The Bertz CT molecular complexity index is 179. The van der Waals surface area contributed by atoms with Crippen LogP contribution >= 0.6 is 0 Å². The molecule has 1 heterocycles. The molecule has 1 aliphatic rings. The van der Waals surface area contributed by atoms with E-state index >= 15 is 0 Å². The molecule has 0 aromatic carbocycles. The Kier molecular flexibility index (Phi) is 1.63. The molecule has 48 valence electrons. The zero-order valence-electron chi connectivity index (χ0n) is 5.57. The average molecular weight is 123 g/mol. The summed E-state index contributed by atoms with van der Waals surface area (Å²) in [6.45, 7) is 1.95. The van der Waals surface area contributed by atoms with Gasteiger partial charge in [0.1, 0.15) is 12.2 Å². The summed E-state index contributed by atoms with van der Waals surface area (Å²) >= 11 is 0. The van der Waals surface area contributed by atoms with Crippen LogP contribution in [0.2, 0.25) is 0 Å². The van der Waals surface area contributed by atoms with Crippen molar-refractivity contribution >= 4 is 12.7 Å². The van der Waals surface area contributed by atoms with Crippen molar-refractivity contribution in [1.82, 2.24) is 4.90 Å². The number of allylic oxidation sites excluding steroid dienone is 1. The maximum absolute atomic E-state index is 3.99. The molecule has 0 unspecified atom stereocenters. The van der Waals surface area contributed by atoms with E-state index < -0.39 is 0 Å². The zero-order valence-corrected chi connectivity index (χ0v) is 5.57. The summed E-state index contributed by atoms with van der Waals surface area (Å²) in [6.07, 6.45) is 5.19. The van der Waals surface area contributed by atoms with Crippen LogP contribution in [0.15, 0.2) is 21.9 Å². The van der Waals surface area contributed by atoms with Crippen molar-refractivity contribution < 1.29 is 0 Å². The van der Waals surface area contributed by atoms with Crippen molar-refractivity contribution in [3.05, 3.63) is 11.9 Å². The van der Waals surface area contributed by atoms with Crippen molar-refractivity contribution in [2.75, 3.05) is 7.05 Å². The fourth-order valence-corrected chi connectivity index (χ4v) is 0.651. The topological polar surface area (TPSA) is 28.0 Å². The highest BCUT2D eigenvalue weighted by Gasteiger charge is 1.98. The molecule has 3 nitrogen and oxygen atoms in total. The first kappa shape index (κ1) is 6.01. The second kappa shape index (κ2) is 2.44. The van der Waals surface area contributed by atoms with Gasteiger partial charge in [0, 0.05) is 7.05 Å². The maximum Gasteiger partial charge on any atom is 0.130 e. The highest BCUT2D eigenvalue weighted by Crippen LogP contribution is 2.01. The van der Waals surface area contributed by atoms with Gasteiger partial charge in [0.25, 0.3) is 0 Å². The predicted octanol–water partition coefficient (Wildman–Crippen LogP) is 0.850. The van der Waals surface area contributed by atoms with Gasteiger partial charge in [-0.1, -0.05) is 0 Å². The highest BCUT2D eigenvalue weighted by molar-refractivity contribution is 5.75. The monoisotopic (exact) mass is 123 g/mol. The third kappa shape index (κ3) is 1.16. The molecule has 1 rings (SSSR count). The second-order valence-electron chi connectivity index (χ2n) is 1.77. The molecule has 0 bridgehead atoms. The van der Waals surface area contributed by atoms with Gasteiger partial charge in [-0.2, -0.15) is 0 Å². The predicted molar refractivity (Wildman–Crippen MR) is 38.5 cm³/mol. The van der Waals surface area contributed by atoms with Crippen LogP contribution in [0.4, 0.5) is 0 Å². The fraction of sp³-hybridized carbons (Fsp3) is 0.333. The zero-order chi connectivity index (χ0) is 6.69. The quantitative estimate of drug-likeness (QED) is 0.469. The lowest BCUT2D eigenvalue weighted by Crippen LogP contribution is -2.16. The van der Waals surface area contributed by atoms with Gasteiger partial charge in [0.05, 0.1) is 6.34 Å². The Labute approximate surface area is 54.4 Å². The first-order valence-electron chi connectivity index (χ1n) is 2.79. The van der Waals surface area contributed by atoms with Crippen LogP contribution in [-0.2, 0) is 0 Å². The SMILES string of the molecule is C/C=C1/N=CN=CN1C. The van der Waals surface area contributed by atoms with Gasteiger partial charge in [0.2, 0.25) is 0 Å². The molecule has 0 aromatic heterocycles. The minimum atomic E-state index is 0.935. The molecule has 1 aliphatic heterocycles. The molecule has 3 heteroatoms. The molecule has 0 spiro atoms. The fourth-order valence-electron chi connectivity index (χ4n) is 0.651. The van der Waals surface area contributed by atoms with Gasteiger partial charge in [-0.15, -0.1) is 0 Å². The van der Waals surface area contributed by atoms with Crippen LogP contribution in [0.3, 0.4) is 0 Å². The van der Waals surface area contributed by atoms with E-state index in [2.05, 4.69) is 9.98 Å². The van der Waals surface area contributed by atoms with Gasteiger partial charge >= 0.3 is 0 Å². The van der Waals surface area contributed by atoms with E-state index in [0.717, 1.165) is 5.82 Å². The maximum atomic E-state index is 3.99. The molecule has 0 aliphatic carbocycles. The highest BCUT2D eigenvalue weighted by atomic mass is 15.2. The molecule has 0 amide bonds. The molecule has 0 saturated carbocycles. The van der Waals surface area contributed by atoms with Crippen molar-refractivity contribution in [3.8, 4) is 0 Å². The Morgan fingerprint density at radius 3 is 2.89 bits per heavy atom. The van der Waals surface area contributed by atoms with E-state index in [1.54, 1.807) is 6.34 Å². The summed E-state index contributed by atoms with van der Waals surface area (Å²) in [5.74, 6) is 0.935. The van der Waals surface area contributed by atoms with E-state index in [1.165, 1.54) is 6.34 Å². The van der Waals surface area contributed by atoms with Crippen molar-refractivity contribution in [2.24, 2.45) is 9.98 Å². The Balaban J connectivity index is 2.78. The van der Waals surface area contributed by atoms with Gasteiger partial charge in [-0.05, 0) is 13.0 Å². The molecule has 0 fully saturated rings. The molecular formula is C6H9N3. The third-order valence-electron chi connectivity index (χ3n) is 1.12. The lowest BCUT2D eigenvalue weighted by molar-refractivity contribution is 0.630. The van der Waals surface area contributed by atoms with Gasteiger partial charge in [0.15, 0.2) is 0 Å². The first-order chi connectivity index (χ1) is 4.34. The summed E-state index contributed by atoms with van der Waals surface area (Å²) in [6, 6.07) is 0. The molecule has 0 aromatic rings. The van der Waals surface area contributed by atoms with Gasteiger partial charge < -0.3 is 4.90 Å². The molecule has 9 heavy (non-hydrogen) atoms. The van der Waals surface area contributed by atoms with Gasteiger partial charge in [-0.25, -0.2) is 9.98 Å². The van der Waals surface area contributed by atoms with E-state index in [0.29, 0.717) is 0 Å². The largest absolute Gasteiger partial charge is 0.320 e. The van der Waals surface area contributed by atoms with E-state index in [-0.39, 0.29) is 0 Å². The smallest absolute Gasteiger partial charge is 0.130 e. The number of nitrogens with zero attached hydrogens (tertiary/aromatic N) is 3. The Morgan fingerprint density at radius 1 is 1.67 bits per heavy atom. The number of hydrogen-bond donors (Lipinski definition) is 0. The van der Waals surface area contributed by atoms with Gasteiger partial charge in [-0.3, -0.25) is 0 Å². The number of rotatable bonds is 0. The minimum Gasteiger partial charge on any atom is -0.320 e. The molecule has 0 saturated heterocycles. The molecule has 0 radical (unpaired) electrons. The minimum absolute atomic E-state index is 0.935. The Morgan fingerprint density at radius 2 is 2.44 bits per heavy atom. The van der Waals surface area contributed by atoms with Crippen LogP contribution in [-0.4, -0.2) is 24.6 Å². The summed E-state index contributed by atoms with van der Waals surface area (Å²) in [7, 11) is 1.91. The summed E-state index contributed by atoms with van der Waals surface area (Å²) in [5.41, 5.74) is 0. The van der Waals surface area contributed by atoms with E-state index in [1.807, 2.05) is 24.9 Å². The summed E-state index contributed by atoms with van der Waals surface area (Å²) in [4.78, 5) is 9.68. The van der Waals surface area contributed by atoms with Crippen LogP contribution < -0.4 is 0 Å². The Hall–Kier alpha value is -1.12. The van der Waals surface area contributed by atoms with Crippen molar-refractivity contribution in [3.63, 3.8) is 0 Å². The number of aliphatic imine (C=N–C) groups is 2. The number of hydrogen-bond acceptors (Lipinski definition) is 3. The summed E-state index contributed by atoms with van der Waals surface area (Å²) < 4.78 is 0. The van der Waals surface area contributed by atoms with Crippen molar-refractivity contribution in [1.29, 1.82) is 0 Å². The average Bonchev–Trinajstić information content (AvgIpc) is 1.89. The summed E-state index contributed by atoms with van der Waals surface area (Å²) in [5, 5.41) is 0. The molecule has 0 N–H and O–H groups in total. The lowest BCUT2D eigenvalue weighted by atomic mass is 10.5. The first-order valence-corrected chi connectivity index (χ1v) is 2.79. The van der Waals surface area contributed by atoms with Crippen molar-refractivity contribution in [2.45, 2.75) is 6.92 Å². The van der Waals surface area contributed by atoms with Crippen LogP contribution in [0.5, 0.6) is 0 Å². The normalized spacial score (nSPS) is 21.6. The van der Waals surface area contributed by atoms with E-state index in [9.17, 15) is 0 Å². The van der Waals surface area contributed by atoms with E-state index in [4.69, 9.17) is 0 Å². The standard InChI is InChI=1S/C6H9N3/c1-3-6-8-4-7-5-9(6)2/h3-5H,1-2H3/b6-3-. The second-order valence-corrected chi connectivity index (χ2v) is 1.77. The van der Waals surface area contributed by atoms with Crippen LogP contribution in [0.25, 0.3) is 0 Å². The molecule has 0 atom stereocenters. The van der Waals surface area contributed by atoms with Crippen LogP contribution in [0.1, 0.15) is 6.92 Å². The lowest BCUT2D eigenvalue weighted by Gasteiger charge is -2.14.